The first-order valence-electron chi connectivity index (χ1n) is 11.1. The highest BCUT2D eigenvalue weighted by molar-refractivity contribution is 5.80. The third-order valence-electron chi connectivity index (χ3n) is 6.01. The number of pyridine rings is 1. The van der Waals surface area contributed by atoms with Crippen LogP contribution >= 0.6 is 0 Å². The molecule has 3 heterocycles. The van der Waals surface area contributed by atoms with Crippen molar-refractivity contribution in [3.8, 4) is 5.88 Å². The fraction of sp³-hybridized carbons (Fsp3) is 0.727. The standard InChI is InChI=1S/C22H35N5O/c1-2-23-22(27-12-8-20(16-27)15-26-10-3-4-11-26)25-14-19-7-9-24-21(13-19)28-17-18-5-6-18/h7,9,13,18,20H,2-6,8,10-12,14-17H2,1H3,(H,23,25). The van der Waals surface area contributed by atoms with E-state index >= 15 is 0 Å². The highest BCUT2D eigenvalue weighted by Gasteiger charge is 2.27. The van der Waals surface area contributed by atoms with Gasteiger partial charge in [0.25, 0.3) is 0 Å². The minimum absolute atomic E-state index is 0.665. The SMILES string of the molecule is CCNC(=NCc1ccnc(OCC2CC2)c1)N1CCC(CN2CCCC2)C1. The molecule has 1 saturated carbocycles. The summed E-state index contributed by atoms with van der Waals surface area (Å²) < 4.78 is 5.81. The Morgan fingerprint density at radius 2 is 2.07 bits per heavy atom. The molecule has 1 atom stereocenters. The van der Waals surface area contributed by atoms with Crippen molar-refractivity contribution in [3.63, 3.8) is 0 Å². The van der Waals surface area contributed by atoms with E-state index < -0.39 is 0 Å². The molecule has 6 nitrogen and oxygen atoms in total. The topological polar surface area (TPSA) is 53.0 Å². The van der Waals surface area contributed by atoms with Crippen molar-refractivity contribution in [2.45, 2.75) is 45.6 Å². The van der Waals surface area contributed by atoms with Crippen molar-refractivity contribution in [1.82, 2.24) is 20.1 Å². The van der Waals surface area contributed by atoms with Crippen LogP contribution in [-0.4, -0.2) is 66.6 Å². The first-order chi connectivity index (χ1) is 13.8. The van der Waals surface area contributed by atoms with Gasteiger partial charge in [0, 0.05) is 38.4 Å². The van der Waals surface area contributed by atoms with E-state index in [-0.39, 0.29) is 0 Å². The minimum Gasteiger partial charge on any atom is -0.477 e. The number of aromatic nitrogens is 1. The zero-order chi connectivity index (χ0) is 19.2. The lowest BCUT2D eigenvalue weighted by Gasteiger charge is -2.23. The predicted octanol–water partition coefficient (Wildman–Crippen LogP) is 2.75. The van der Waals surface area contributed by atoms with Gasteiger partial charge in [0.05, 0.1) is 13.2 Å². The number of ether oxygens (including phenoxy) is 1. The molecule has 1 N–H and O–H groups in total. The van der Waals surface area contributed by atoms with E-state index in [0.29, 0.717) is 6.54 Å². The van der Waals surface area contributed by atoms with Crippen LogP contribution in [0, 0.1) is 11.8 Å². The first-order valence-corrected chi connectivity index (χ1v) is 11.1. The van der Waals surface area contributed by atoms with E-state index in [1.807, 2.05) is 18.3 Å². The van der Waals surface area contributed by atoms with Gasteiger partial charge in [-0.15, -0.1) is 0 Å². The Balaban J connectivity index is 1.32. The fourth-order valence-electron chi connectivity index (χ4n) is 4.21. The lowest BCUT2D eigenvalue weighted by Crippen LogP contribution is -2.40. The van der Waals surface area contributed by atoms with Gasteiger partial charge in [0.2, 0.25) is 5.88 Å². The van der Waals surface area contributed by atoms with Crippen LogP contribution in [0.1, 0.15) is 44.6 Å². The smallest absolute Gasteiger partial charge is 0.213 e. The molecule has 4 rings (SSSR count). The number of rotatable bonds is 8. The Kier molecular flexibility index (Phi) is 6.68. The van der Waals surface area contributed by atoms with Crippen LogP contribution in [0.2, 0.25) is 0 Å². The third kappa shape index (κ3) is 5.60. The maximum Gasteiger partial charge on any atom is 0.213 e. The van der Waals surface area contributed by atoms with Gasteiger partial charge in [-0.25, -0.2) is 9.98 Å². The second kappa shape index (κ2) is 9.59. The second-order valence-electron chi connectivity index (χ2n) is 8.54. The maximum absolute atomic E-state index is 5.81. The number of aliphatic imine (C=N–C) groups is 1. The summed E-state index contributed by atoms with van der Waals surface area (Å²) in [5.41, 5.74) is 1.16. The molecule has 1 unspecified atom stereocenters. The monoisotopic (exact) mass is 385 g/mol. The molecule has 28 heavy (non-hydrogen) atoms. The first kappa shape index (κ1) is 19.5. The summed E-state index contributed by atoms with van der Waals surface area (Å²) >= 11 is 0. The van der Waals surface area contributed by atoms with E-state index in [1.165, 1.54) is 51.7 Å². The van der Waals surface area contributed by atoms with E-state index in [0.717, 1.165) is 55.5 Å². The molecule has 0 aromatic carbocycles. The highest BCUT2D eigenvalue weighted by atomic mass is 16.5. The Morgan fingerprint density at radius 3 is 2.86 bits per heavy atom. The predicted molar refractivity (Wildman–Crippen MR) is 113 cm³/mol. The summed E-state index contributed by atoms with van der Waals surface area (Å²) in [7, 11) is 0. The number of nitrogens with zero attached hydrogens (tertiary/aromatic N) is 4. The van der Waals surface area contributed by atoms with Gasteiger partial charge in [-0.05, 0) is 75.6 Å². The third-order valence-corrected chi connectivity index (χ3v) is 6.01. The average molecular weight is 386 g/mol. The van der Waals surface area contributed by atoms with Crippen molar-refractivity contribution >= 4 is 5.96 Å². The Morgan fingerprint density at radius 1 is 1.21 bits per heavy atom. The van der Waals surface area contributed by atoms with Crippen molar-refractivity contribution < 1.29 is 4.74 Å². The number of guanidine groups is 1. The summed E-state index contributed by atoms with van der Waals surface area (Å²) in [6.45, 7) is 10.6. The molecule has 0 spiro atoms. The lowest BCUT2D eigenvalue weighted by atomic mass is 10.1. The largest absolute Gasteiger partial charge is 0.477 e. The fourth-order valence-corrected chi connectivity index (χ4v) is 4.21. The Labute approximate surface area is 169 Å². The Hall–Kier alpha value is -1.82. The van der Waals surface area contributed by atoms with Crippen LogP contribution < -0.4 is 10.1 Å². The molecule has 3 fully saturated rings. The van der Waals surface area contributed by atoms with Gasteiger partial charge in [-0.2, -0.15) is 0 Å². The molecule has 1 aromatic heterocycles. The average Bonchev–Trinajstić information content (AvgIpc) is 3.19. The van der Waals surface area contributed by atoms with Crippen molar-refractivity contribution in [1.29, 1.82) is 0 Å². The van der Waals surface area contributed by atoms with Crippen LogP contribution in [0.5, 0.6) is 5.88 Å². The molecule has 1 aromatic rings. The maximum atomic E-state index is 5.81. The summed E-state index contributed by atoms with van der Waals surface area (Å²) in [5, 5.41) is 3.49. The molecule has 0 radical (unpaired) electrons. The summed E-state index contributed by atoms with van der Waals surface area (Å²) in [5.74, 6) is 3.29. The van der Waals surface area contributed by atoms with Crippen LogP contribution in [0.15, 0.2) is 23.3 Å². The molecule has 2 aliphatic heterocycles. The molecule has 3 aliphatic rings. The van der Waals surface area contributed by atoms with Crippen LogP contribution in [0.25, 0.3) is 0 Å². The van der Waals surface area contributed by atoms with Crippen LogP contribution in [0.4, 0.5) is 0 Å². The molecule has 1 aliphatic carbocycles. The molecule has 2 saturated heterocycles. The zero-order valence-electron chi connectivity index (χ0n) is 17.3. The van der Waals surface area contributed by atoms with Gasteiger partial charge >= 0.3 is 0 Å². The van der Waals surface area contributed by atoms with Crippen LogP contribution in [0.3, 0.4) is 0 Å². The molecule has 0 amide bonds. The highest BCUT2D eigenvalue weighted by Crippen LogP contribution is 2.29. The normalized spacial score (nSPS) is 23.4. The number of likely N-dealkylation sites (tertiary alicyclic amines) is 2. The molecule has 6 heteroatoms. The van der Waals surface area contributed by atoms with Gasteiger partial charge in [-0.1, -0.05) is 0 Å². The van der Waals surface area contributed by atoms with Gasteiger partial charge in [-0.3, -0.25) is 0 Å². The van der Waals surface area contributed by atoms with E-state index in [4.69, 9.17) is 9.73 Å². The zero-order valence-corrected chi connectivity index (χ0v) is 17.3. The second-order valence-corrected chi connectivity index (χ2v) is 8.54. The van der Waals surface area contributed by atoms with Crippen molar-refractivity contribution in [2.75, 3.05) is 45.9 Å². The Bertz CT molecular complexity index is 654. The summed E-state index contributed by atoms with van der Waals surface area (Å²) in [6.07, 6.45) is 8.45. The van der Waals surface area contributed by atoms with Crippen LogP contribution in [-0.2, 0) is 6.54 Å². The van der Waals surface area contributed by atoms with Crippen molar-refractivity contribution in [2.24, 2.45) is 16.8 Å². The number of nitrogens with one attached hydrogen (secondary N) is 1. The van der Waals surface area contributed by atoms with Crippen molar-refractivity contribution in [3.05, 3.63) is 23.9 Å². The molecular weight excluding hydrogens is 350 g/mol. The van der Waals surface area contributed by atoms with Gasteiger partial charge < -0.3 is 19.9 Å². The van der Waals surface area contributed by atoms with E-state index in [2.05, 4.69) is 27.0 Å². The number of hydrogen-bond acceptors (Lipinski definition) is 4. The lowest BCUT2D eigenvalue weighted by molar-refractivity contribution is 0.281. The molecule has 0 bridgehead atoms. The van der Waals surface area contributed by atoms with E-state index in [1.54, 1.807) is 0 Å². The van der Waals surface area contributed by atoms with Gasteiger partial charge in [0.1, 0.15) is 0 Å². The quantitative estimate of drug-likeness (QED) is 0.551. The minimum atomic E-state index is 0.665. The summed E-state index contributed by atoms with van der Waals surface area (Å²) in [6, 6.07) is 4.08. The molecular formula is C22H35N5O. The number of hydrogen-bond donors (Lipinski definition) is 1. The summed E-state index contributed by atoms with van der Waals surface area (Å²) in [4.78, 5) is 14.3. The molecule has 154 valence electrons. The van der Waals surface area contributed by atoms with Gasteiger partial charge in [0.15, 0.2) is 5.96 Å². The van der Waals surface area contributed by atoms with E-state index in [9.17, 15) is 0 Å².